The van der Waals surface area contributed by atoms with Crippen LogP contribution in [0.5, 0.6) is 5.75 Å². The molecule has 0 atom stereocenters. The van der Waals surface area contributed by atoms with Gasteiger partial charge in [0, 0.05) is 10.0 Å². The Morgan fingerprint density at radius 3 is 2.77 bits per heavy atom. The van der Waals surface area contributed by atoms with Gasteiger partial charge in [-0.15, -0.1) is 24.0 Å². The van der Waals surface area contributed by atoms with Crippen molar-refractivity contribution in [2.75, 3.05) is 12.4 Å². The van der Waals surface area contributed by atoms with E-state index in [0.717, 1.165) is 4.47 Å². The van der Waals surface area contributed by atoms with Crippen LogP contribution in [0.1, 0.15) is 5.56 Å². The zero-order valence-corrected chi connectivity index (χ0v) is 15.8. The maximum absolute atomic E-state index is 13.6. The average Bonchev–Trinajstić information content (AvgIpc) is 2.49. The van der Waals surface area contributed by atoms with E-state index in [1.54, 1.807) is 19.2 Å². The van der Waals surface area contributed by atoms with E-state index >= 15 is 0 Å². The summed E-state index contributed by atoms with van der Waals surface area (Å²) < 4.78 is 19.6. The zero-order chi connectivity index (χ0) is 15.2. The number of nitrogens with one attached hydrogen (secondary N) is 1. The molecule has 0 fully saturated rings. The quantitative estimate of drug-likeness (QED) is 0.393. The number of nitrogens with two attached hydrogens (primary N) is 1. The summed E-state index contributed by atoms with van der Waals surface area (Å²) in [6.45, 7) is 0.152. The van der Waals surface area contributed by atoms with Crippen LogP contribution in [0.15, 0.2) is 51.9 Å². The Labute approximate surface area is 154 Å². The Balaban J connectivity index is 0.00000242. The van der Waals surface area contributed by atoms with E-state index in [1.165, 1.54) is 6.07 Å². The first-order valence-electron chi connectivity index (χ1n) is 6.24. The Kier molecular flexibility index (Phi) is 7.60. The third-order valence-electron chi connectivity index (χ3n) is 2.80. The molecule has 0 unspecified atom stereocenters. The van der Waals surface area contributed by atoms with Gasteiger partial charge in [-0.05, 0) is 30.3 Å². The molecule has 3 N–H and O–H groups in total. The lowest BCUT2D eigenvalue weighted by Gasteiger charge is -2.10. The van der Waals surface area contributed by atoms with Crippen molar-refractivity contribution < 1.29 is 9.13 Å². The summed E-state index contributed by atoms with van der Waals surface area (Å²) in [5.74, 6) is 0.537. The minimum atomic E-state index is -0.313. The van der Waals surface area contributed by atoms with Gasteiger partial charge in [0.25, 0.3) is 0 Å². The van der Waals surface area contributed by atoms with Crippen LogP contribution in [-0.4, -0.2) is 13.1 Å². The van der Waals surface area contributed by atoms with Crippen LogP contribution in [0, 0.1) is 5.82 Å². The number of nitrogens with zero attached hydrogens (tertiary/aromatic N) is 1. The van der Waals surface area contributed by atoms with Gasteiger partial charge in [0.05, 0.1) is 19.3 Å². The van der Waals surface area contributed by atoms with Gasteiger partial charge in [-0.25, -0.2) is 9.38 Å². The molecular weight excluding hydrogens is 464 g/mol. The van der Waals surface area contributed by atoms with Crippen molar-refractivity contribution in [3.63, 3.8) is 0 Å². The predicted octanol–water partition coefficient (Wildman–Crippen LogP) is 4.14. The number of ether oxygens (including phenoxy) is 1. The molecule has 0 saturated carbocycles. The third kappa shape index (κ3) is 5.13. The second-order valence-electron chi connectivity index (χ2n) is 4.26. The highest BCUT2D eigenvalue weighted by atomic mass is 127. The van der Waals surface area contributed by atoms with E-state index in [4.69, 9.17) is 10.5 Å². The largest absolute Gasteiger partial charge is 0.495 e. The fourth-order valence-electron chi connectivity index (χ4n) is 1.76. The fourth-order valence-corrected chi connectivity index (χ4v) is 2.17. The lowest BCUT2D eigenvalue weighted by Crippen LogP contribution is -2.23. The molecule has 0 spiro atoms. The zero-order valence-electron chi connectivity index (χ0n) is 11.8. The molecule has 118 valence electrons. The first-order chi connectivity index (χ1) is 10.1. The average molecular weight is 480 g/mol. The Morgan fingerprint density at radius 2 is 2.05 bits per heavy atom. The molecule has 0 heterocycles. The van der Waals surface area contributed by atoms with Crippen molar-refractivity contribution in [1.29, 1.82) is 0 Å². The summed E-state index contributed by atoms with van der Waals surface area (Å²) in [6.07, 6.45) is 0. The van der Waals surface area contributed by atoms with Crippen molar-refractivity contribution in [2.24, 2.45) is 10.7 Å². The predicted molar refractivity (Wildman–Crippen MR) is 101 cm³/mol. The van der Waals surface area contributed by atoms with Crippen molar-refractivity contribution in [2.45, 2.75) is 6.54 Å². The Morgan fingerprint density at radius 1 is 1.32 bits per heavy atom. The van der Waals surface area contributed by atoms with E-state index in [9.17, 15) is 4.39 Å². The van der Waals surface area contributed by atoms with E-state index in [1.807, 2.05) is 24.3 Å². The molecule has 22 heavy (non-hydrogen) atoms. The van der Waals surface area contributed by atoms with Crippen molar-refractivity contribution in [3.8, 4) is 5.75 Å². The van der Waals surface area contributed by atoms with Gasteiger partial charge < -0.3 is 15.8 Å². The maximum atomic E-state index is 13.6. The van der Waals surface area contributed by atoms with Gasteiger partial charge in [-0.3, -0.25) is 0 Å². The highest BCUT2D eigenvalue weighted by Gasteiger charge is 2.04. The molecule has 0 bridgehead atoms. The van der Waals surface area contributed by atoms with Gasteiger partial charge in [0.1, 0.15) is 11.6 Å². The summed E-state index contributed by atoms with van der Waals surface area (Å²) in [5.41, 5.74) is 6.99. The second kappa shape index (κ2) is 8.94. The number of anilines is 1. The number of methoxy groups -OCH3 is 1. The molecule has 0 aliphatic heterocycles. The molecule has 4 nitrogen and oxygen atoms in total. The van der Waals surface area contributed by atoms with Crippen LogP contribution < -0.4 is 15.8 Å². The molecule has 0 aliphatic rings. The summed E-state index contributed by atoms with van der Waals surface area (Å²) in [4.78, 5) is 4.13. The smallest absolute Gasteiger partial charge is 0.193 e. The lowest BCUT2D eigenvalue weighted by atomic mass is 10.2. The van der Waals surface area contributed by atoms with Crippen LogP contribution in [0.25, 0.3) is 0 Å². The van der Waals surface area contributed by atoms with Gasteiger partial charge in [0.15, 0.2) is 5.96 Å². The molecule has 2 aromatic carbocycles. The number of halogens is 3. The minimum absolute atomic E-state index is 0. The molecular formula is C15H16BrFIN3O. The van der Waals surface area contributed by atoms with Crippen LogP contribution in [0.3, 0.4) is 0 Å². The van der Waals surface area contributed by atoms with Crippen LogP contribution >= 0.6 is 39.9 Å². The third-order valence-corrected chi connectivity index (χ3v) is 3.29. The standard InChI is InChI=1S/C15H15BrFN3O.HI/c1-21-14-5-3-2-4-13(14)20-15(18)19-9-10-8-11(16)6-7-12(10)17;/h2-8H,9H2,1H3,(H3,18,19,20);1H. The monoisotopic (exact) mass is 479 g/mol. The second-order valence-corrected chi connectivity index (χ2v) is 5.18. The number of rotatable bonds is 4. The van der Waals surface area contributed by atoms with E-state index < -0.39 is 0 Å². The Hall–Kier alpha value is -1.35. The number of hydrogen-bond acceptors (Lipinski definition) is 2. The summed E-state index contributed by atoms with van der Waals surface area (Å²) in [7, 11) is 1.57. The van der Waals surface area contributed by atoms with Crippen molar-refractivity contribution >= 4 is 51.6 Å². The van der Waals surface area contributed by atoms with Crippen LogP contribution in [0.4, 0.5) is 10.1 Å². The van der Waals surface area contributed by atoms with Gasteiger partial charge >= 0.3 is 0 Å². The number of aliphatic imine (C=N–C) groups is 1. The molecule has 0 saturated heterocycles. The first-order valence-corrected chi connectivity index (χ1v) is 7.03. The fraction of sp³-hybridized carbons (Fsp3) is 0.133. The van der Waals surface area contributed by atoms with Crippen molar-refractivity contribution in [3.05, 3.63) is 58.3 Å². The topological polar surface area (TPSA) is 59.6 Å². The molecule has 7 heteroatoms. The minimum Gasteiger partial charge on any atom is -0.495 e. The van der Waals surface area contributed by atoms with Crippen molar-refractivity contribution in [1.82, 2.24) is 0 Å². The van der Waals surface area contributed by atoms with Gasteiger partial charge in [-0.1, -0.05) is 28.1 Å². The summed E-state index contributed by atoms with van der Waals surface area (Å²) >= 11 is 3.30. The molecule has 0 radical (unpaired) electrons. The van der Waals surface area contributed by atoms with Crippen LogP contribution in [-0.2, 0) is 6.54 Å². The lowest BCUT2D eigenvalue weighted by molar-refractivity contribution is 0.417. The normalized spacial score (nSPS) is 10.8. The Bertz CT molecular complexity index is 667. The first kappa shape index (κ1) is 18.7. The van der Waals surface area contributed by atoms with E-state index in [-0.39, 0.29) is 42.3 Å². The number of hydrogen-bond donors (Lipinski definition) is 2. The highest BCUT2D eigenvalue weighted by Crippen LogP contribution is 2.22. The molecule has 0 amide bonds. The van der Waals surface area contributed by atoms with E-state index in [0.29, 0.717) is 17.0 Å². The van der Waals surface area contributed by atoms with Gasteiger partial charge in [-0.2, -0.15) is 0 Å². The maximum Gasteiger partial charge on any atom is 0.193 e. The SMILES string of the molecule is COc1ccccc1NC(N)=NCc1cc(Br)ccc1F.I. The highest BCUT2D eigenvalue weighted by molar-refractivity contribution is 14.0. The molecule has 2 rings (SSSR count). The molecule has 0 aromatic heterocycles. The number of guanidine groups is 1. The number of para-hydroxylation sites is 2. The summed E-state index contributed by atoms with van der Waals surface area (Å²) in [5, 5.41) is 2.93. The molecule has 2 aromatic rings. The molecule has 0 aliphatic carbocycles. The summed E-state index contributed by atoms with van der Waals surface area (Å²) in [6, 6.07) is 12.0. The van der Waals surface area contributed by atoms with E-state index in [2.05, 4.69) is 26.2 Å². The van der Waals surface area contributed by atoms with Crippen LogP contribution in [0.2, 0.25) is 0 Å². The van der Waals surface area contributed by atoms with Gasteiger partial charge in [0.2, 0.25) is 0 Å². The number of benzene rings is 2.